The lowest BCUT2D eigenvalue weighted by atomic mass is 9.74. The van der Waals surface area contributed by atoms with Crippen LogP contribution in [0.2, 0.25) is 0 Å². The molecule has 2 aromatic rings. The van der Waals surface area contributed by atoms with Gasteiger partial charge in [-0.3, -0.25) is 9.48 Å². The average molecular weight is 423 g/mol. The highest BCUT2D eigenvalue weighted by atomic mass is 35.5. The summed E-state index contributed by atoms with van der Waals surface area (Å²) in [5.41, 5.74) is 1.24. The average Bonchev–Trinajstić information content (AvgIpc) is 3.24. The van der Waals surface area contributed by atoms with Crippen molar-refractivity contribution < 1.29 is 13.9 Å². The minimum Gasteiger partial charge on any atom is -0.381 e. The van der Waals surface area contributed by atoms with E-state index in [9.17, 15) is 9.18 Å². The van der Waals surface area contributed by atoms with Crippen molar-refractivity contribution in [1.82, 2.24) is 20.4 Å². The molecule has 1 aromatic carbocycles. The summed E-state index contributed by atoms with van der Waals surface area (Å²) in [5.74, 6) is -0.423. The molecule has 1 amide bonds. The Kier molecular flexibility index (Phi) is 7.27. The van der Waals surface area contributed by atoms with Gasteiger partial charge in [-0.05, 0) is 56.0 Å². The van der Waals surface area contributed by atoms with Crippen molar-refractivity contribution in [3.05, 3.63) is 53.6 Å². The minimum atomic E-state index is -0.252. The van der Waals surface area contributed by atoms with E-state index in [0.717, 1.165) is 44.3 Å². The first-order valence-electron chi connectivity index (χ1n) is 10.0. The molecule has 6 nitrogen and oxygen atoms in total. The number of nitrogens with zero attached hydrogens (tertiary/aromatic N) is 2. The predicted octanol–water partition coefficient (Wildman–Crippen LogP) is 2.85. The first-order chi connectivity index (χ1) is 13.7. The monoisotopic (exact) mass is 422 g/mol. The van der Waals surface area contributed by atoms with E-state index in [2.05, 4.69) is 15.7 Å². The van der Waals surface area contributed by atoms with Crippen molar-refractivity contribution in [1.29, 1.82) is 0 Å². The summed E-state index contributed by atoms with van der Waals surface area (Å²) in [6.45, 7) is 3.68. The van der Waals surface area contributed by atoms with Crippen molar-refractivity contribution in [2.45, 2.75) is 37.1 Å². The second kappa shape index (κ2) is 9.69. The summed E-state index contributed by atoms with van der Waals surface area (Å²) < 4.78 is 20.8. The van der Waals surface area contributed by atoms with Gasteiger partial charge in [-0.15, -0.1) is 12.4 Å². The Morgan fingerprint density at radius 3 is 2.72 bits per heavy atom. The standard InChI is InChI=1S/C21H27FN4O2.ClH/c22-17-5-3-16(4-6-17)21(8-12-28-13-9-21)15-24-20(27)19-7-11-26(25-19)18-2-1-10-23-14-18;/h3-7,11,18,23H,1-2,8-10,12-15H2,(H,24,27);1H. The smallest absolute Gasteiger partial charge is 0.271 e. The molecule has 3 heterocycles. The zero-order valence-electron chi connectivity index (χ0n) is 16.4. The third-order valence-electron chi connectivity index (χ3n) is 5.98. The van der Waals surface area contributed by atoms with Gasteiger partial charge in [0.1, 0.15) is 11.5 Å². The van der Waals surface area contributed by atoms with Crippen LogP contribution < -0.4 is 10.6 Å². The van der Waals surface area contributed by atoms with Gasteiger partial charge in [-0.1, -0.05) is 12.1 Å². The SMILES string of the molecule is Cl.O=C(NCC1(c2ccc(F)cc2)CCOCC1)c1ccn(C2CCCNC2)n1. The molecular formula is C21H28ClFN4O2. The van der Waals surface area contributed by atoms with E-state index in [1.807, 2.05) is 23.0 Å². The number of hydrogen-bond donors (Lipinski definition) is 2. The number of carbonyl (C=O) groups excluding carboxylic acids is 1. The summed E-state index contributed by atoms with van der Waals surface area (Å²) in [5, 5.41) is 10.9. The van der Waals surface area contributed by atoms with Crippen molar-refractivity contribution >= 4 is 18.3 Å². The molecule has 1 atom stereocenters. The summed E-state index contributed by atoms with van der Waals surface area (Å²) >= 11 is 0. The number of aromatic nitrogens is 2. The maximum atomic E-state index is 13.4. The number of nitrogens with one attached hydrogen (secondary N) is 2. The second-order valence-electron chi connectivity index (χ2n) is 7.76. The number of carbonyl (C=O) groups is 1. The van der Waals surface area contributed by atoms with Crippen LogP contribution in [0.4, 0.5) is 4.39 Å². The van der Waals surface area contributed by atoms with Gasteiger partial charge in [0.15, 0.2) is 0 Å². The van der Waals surface area contributed by atoms with E-state index in [0.29, 0.717) is 31.5 Å². The second-order valence-corrected chi connectivity index (χ2v) is 7.76. The Labute approximate surface area is 176 Å². The first kappa shape index (κ1) is 21.7. The molecule has 0 spiro atoms. The molecule has 4 rings (SSSR count). The molecule has 0 radical (unpaired) electrons. The highest BCUT2D eigenvalue weighted by Gasteiger charge is 2.35. The number of ether oxygens (including phenoxy) is 1. The number of piperidine rings is 1. The van der Waals surface area contributed by atoms with Crippen LogP contribution in [-0.4, -0.2) is 48.5 Å². The van der Waals surface area contributed by atoms with Crippen molar-refractivity contribution in [2.24, 2.45) is 0 Å². The van der Waals surface area contributed by atoms with Gasteiger partial charge in [-0.2, -0.15) is 5.10 Å². The van der Waals surface area contributed by atoms with Gasteiger partial charge in [0.2, 0.25) is 0 Å². The predicted molar refractivity (Wildman–Crippen MR) is 111 cm³/mol. The number of amides is 1. The quantitative estimate of drug-likeness (QED) is 0.777. The third-order valence-corrected chi connectivity index (χ3v) is 5.98. The van der Waals surface area contributed by atoms with Crippen LogP contribution in [0, 0.1) is 5.82 Å². The summed E-state index contributed by atoms with van der Waals surface area (Å²) in [4.78, 5) is 12.7. The largest absolute Gasteiger partial charge is 0.381 e. The van der Waals surface area contributed by atoms with Crippen LogP contribution in [0.1, 0.15) is 47.8 Å². The van der Waals surface area contributed by atoms with E-state index in [1.165, 1.54) is 12.1 Å². The summed E-state index contributed by atoms with van der Waals surface area (Å²) in [6, 6.07) is 8.67. The molecule has 2 aliphatic heterocycles. The number of hydrogen-bond acceptors (Lipinski definition) is 4. The molecule has 2 N–H and O–H groups in total. The first-order valence-corrected chi connectivity index (χ1v) is 10.0. The molecule has 0 bridgehead atoms. The summed E-state index contributed by atoms with van der Waals surface area (Å²) in [7, 11) is 0. The fraction of sp³-hybridized carbons (Fsp3) is 0.524. The summed E-state index contributed by atoms with van der Waals surface area (Å²) in [6.07, 6.45) is 5.66. The van der Waals surface area contributed by atoms with Gasteiger partial charge >= 0.3 is 0 Å². The molecule has 1 aromatic heterocycles. The maximum absolute atomic E-state index is 13.4. The Bertz CT molecular complexity index is 799. The van der Waals surface area contributed by atoms with Crippen LogP contribution in [0.5, 0.6) is 0 Å². The van der Waals surface area contributed by atoms with Crippen LogP contribution in [0.25, 0.3) is 0 Å². The third kappa shape index (κ3) is 4.97. The zero-order valence-corrected chi connectivity index (χ0v) is 17.2. The van der Waals surface area contributed by atoms with E-state index in [4.69, 9.17) is 4.74 Å². The fourth-order valence-electron chi connectivity index (χ4n) is 4.19. The molecule has 2 saturated heterocycles. The van der Waals surface area contributed by atoms with Crippen LogP contribution >= 0.6 is 12.4 Å². The molecule has 0 saturated carbocycles. The normalized spacial score (nSPS) is 21.2. The van der Waals surface area contributed by atoms with E-state index in [-0.39, 0.29) is 29.5 Å². The topological polar surface area (TPSA) is 68.2 Å². The maximum Gasteiger partial charge on any atom is 0.271 e. The van der Waals surface area contributed by atoms with Crippen LogP contribution in [0.15, 0.2) is 36.5 Å². The number of halogens is 2. The van der Waals surface area contributed by atoms with Gasteiger partial charge < -0.3 is 15.4 Å². The molecule has 0 aliphatic carbocycles. The Hall–Kier alpha value is -1.96. The Balaban J connectivity index is 0.00000240. The lowest BCUT2D eigenvalue weighted by Gasteiger charge is -2.37. The molecule has 8 heteroatoms. The van der Waals surface area contributed by atoms with Gasteiger partial charge in [0.25, 0.3) is 5.91 Å². The lowest BCUT2D eigenvalue weighted by Crippen LogP contribution is -2.44. The van der Waals surface area contributed by atoms with Crippen molar-refractivity contribution in [2.75, 3.05) is 32.8 Å². The fourth-order valence-corrected chi connectivity index (χ4v) is 4.19. The van der Waals surface area contributed by atoms with E-state index < -0.39 is 0 Å². The minimum absolute atomic E-state index is 0. The van der Waals surface area contributed by atoms with Crippen LogP contribution in [0.3, 0.4) is 0 Å². The molecule has 158 valence electrons. The molecule has 1 unspecified atom stereocenters. The van der Waals surface area contributed by atoms with Crippen molar-refractivity contribution in [3.8, 4) is 0 Å². The Morgan fingerprint density at radius 2 is 2.03 bits per heavy atom. The highest BCUT2D eigenvalue weighted by molar-refractivity contribution is 5.92. The highest BCUT2D eigenvalue weighted by Crippen LogP contribution is 2.34. The zero-order chi connectivity index (χ0) is 19.4. The van der Waals surface area contributed by atoms with Gasteiger partial charge in [-0.25, -0.2) is 4.39 Å². The molecular weight excluding hydrogens is 395 g/mol. The lowest BCUT2D eigenvalue weighted by molar-refractivity contribution is 0.0486. The van der Waals surface area contributed by atoms with Gasteiger partial charge in [0, 0.05) is 37.9 Å². The number of benzene rings is 1. The van der Waals surface area contributed by atoms with Gasteiger partial charge in [0.05, 0.1) is 6.04 Å². The Morgan fingerprint density at radius 1 is 1.28 bits per heavy atom. The van der Waals surface area contributed by atoms with E-state index >= 15 is 0 Å². The molecule has 29 heavy (non-hydrogen) atoms. The number of rotatable bonds is 5. The van der Waals surface area contributed by atoms with E-state index in [1.54, 1.807) is 6.07 Å². The van der Waals surface area contributed by atoms with Crippen molar-refractivity contribution in [3.63, 3.8) is 0 Å². The van der Waals surface area contributed by atoms with Crippen LogP contribution in [-0.2, 0) is 10.2 Å². The molecule has 2 fully saturated rings. The molecule has 2 aliphatic rings.